The molecule has 1 N–H and O–H groups in total. The minimum atomic E-state index is -0.0639. The second kappa shape index (κ2) is 6.21. The van der Waals surface area contributed by atoms with E-state index >= 15 is 0 Å². The lowest BCUT2D eigenvalue weighted by molar-refractivity contribution is 0.592. The van der Waals surface area contributed by atoms with Gasteiger partial charge in [0.05, 0.1) is 5.39 Å². The van der Waals surface area contributed by atoms with Gasteiger partial charge in [-0.2, -0.15) is 0 Å². The molecule has 4 aromatic rings. The van der Waals surface area contributed by atoms with Crippen LogP contribution in [0.3, 0.4) is 0 Å². The molecular formula is C20H15BrN2O2S. The van der Waals surface area contributed by atoms with Crippen LogP contribution in [0.4, 0.5) is 0 Å². The molecule has 0 amide bonds. The van der Waals surface area contributed by atoms with Gasteiger partial charge in [0.15, 0.2) is 11.6 Å². The first-order chi connectivity index (χ1) is 12.7. The van der Waals surface area contributed by atoms with Gasteiger partial charge >= 0.3 is 0 Å². The molecule has 26 heavy (non-hydrogen) atoms. The fourth-order valence-corrected chi connectivity index (χ4v) is 5.04. The molecule has 3 aromatic heterocycles. The number of rotatable bonds is 2. The summed E-state index contributed by atoms with van der Waals surface area (Å²) in [6, 6.07) is 11.7. The second-order valence-electron chi connectivity index (χ2n) is 6.48. The molecule has 0 atom stereocenters. The van der Waals surface area contributed by atoms with Gasteiger partial charge in [-0.05, 0) is 55.5 Å². The zero-order valence-corrected chi connectivity index (χ0v) is 16.2. The Balaban J connectivity index is 1.59. The van der Waals surface area contributed by atoms with Crippen LogP contribution in [0.2, 0.25) is 0 Å². The topological polar surface area (TPSA) is 58.9 Å². The Hall–Kier alpha value is -2.18. The Labute approximate surface area is 162 Å². The standard InChI is InChI=1S/C20H15BrN2O2S/c21-12-7-5-11(6-8-12)14-9-10-15(25-14)18-22-19(24)17-13-3-1-2-4-16(13)26-20(17)23-18/h5-10H,1-4H2,(H,22,23,24). The molecule has 0 fully saturated rings. The van der Waals surface area contributed by atoms with Crippen LogP contribution in [-0.2, 0) is 12.8 Å². The lowest BCUT2D eigenvalue weighted by atomic mass is 9.97. The summed E-state index contributed by atoms with van der Waals surface area (Å²) in [6.07, 6.45) is 4.38. The number of nitrogens with one attached hydrogen (secondary N) is 1. The van der Waals surface area contributed by atoms with E-state index in [-0.39, 0.29) is 5.56 Å². The van der Waals surface area contributed by atoms with Gasteiger partial charge in [0.25, 0.3) is 5.56 Å². The summed E-state index contributed by atoms with van der Waals surface area (Å²) < 4.78 is 6.98. The first kappa shape index (κ1) is 16.0. The number of aromatic nitrogens is 2. The van der Waals surface area contributed by atoms with Gasteiger partial charge < -0.3 is 9.40 Å². The van der Waals surface area contributed by atoms with Crippen molar-refractivity contribution in [1.82, 2.24) is 9.97 Å². The smallest absolute Gasteiger partial charge is 0.260 e. The number of fused-ring (bicyclic) bond motifs is 3. The number of halogens is 1. The number of nitrogens with zero attached hydrogens (tertiary/aromatic N) is 1. The summed E-state index contributed by atoms with van der Waals surface area (Å²) in [5.41, 5.74) is 2.12. The molecule has 0 saturated carbocycles. The lowest BCUT2D eigenvalue weighted by Crippen LogP contribution is -2.11. The summed E-state index contributed by atoms with van der Waals surface area (Å²) >= 11 is 5.09. The molecule has 1 aliphatic carbocycles. The van der Waals surface area contributed by atoms with E-state index in [4.69, 9.17) is 9.40 Å². The first-order valence-electron chi connectivity index (χ1n) is 8.60. The molecule has 0 bridgehead atoms. The average molecular weight is 427 g/mol. The Kier molecular flexibility index (Phi) is 3.83. The first-order valence-corrected chi connectivity index (χ1v) is 10.2. The molecule has 4 nitrogen and oxygen atoms in total. The number of thiophene rings is 1. The van der Waals surface area contributed by atoms with E-state index in [1.807, 2.05) is 36.4 Å². The van der Waals surface area contributed by atoms with Crippen LogP contribution >= 0.6 is 27.3 Å². The van der Waals surface area contributed by atoms with Crippen molar-refractivity contribution in [3.8, 4) is 22.9 Å². The normalized spacial score (nSPS) is 13.9. The number of hydrogen-bond acceptors (Lipinski definition) is 4. The van der Waals surface area contributed by atoms with Crippen molar-refractivity contribution in [2.24, 2.45) is 0 Å². The highest BCUT2D eigenvalue weighted by molar-refractivity contribution is 9.10. The van der Waals surface area contributed by atoms with Gasteiger partial charge in [-0.1, -0.05) is 28.1 Å². The van der Waals surface area contributed by atoms with E-state index in [1.54, 1.807) is 11.3 Å². The molecular weight excluding hydrogens is 412 g/mol. The molecule has 0 unspecified atom stereocenters. The monoisotopic (exact) mass is 426 g/mol. The van der Waals surface area contributed by atoms with Gasteiger partial charge in [-0.3, -0.25) is 4.79 Å². The van der Waals surface area contributed by atoms with E-state index in [1.165, 1.54) is 16.9 Å². The predicted molar refractivity (Wildman–Crippen MR) is 108 cm³/mol. The highest BCUT2D eigenvalue weighted by Gasteiger charge is 2.20. The zero-order chi connectivity index (χ0) is 17.7. The largest absolute Gasteiger partial charge is 0.453 e. The fourth-order valence-electron chi connectivity index (χ4n) is 3.52. The molecule has 1 aromatic carbocycles. The maximum atomic E-state index is 12.7. The van der Waals surface area contributed by atoms with Gasteiger partial charge in [0.1, 0.15) is 10.6 Å². The Morgan fingerprint density at radius 1 is 1.04 bits per heavy atom. The third kappa shape index (κ3) is 2.64. The summed E-state index contributed by atoms with van der Waals surface area (Å²) in [6.45, 7) is 0. The van der Waals surface area contributed by atoms with Crippen molar-refractivity contribution >= 4 is 37.5 Å². The highest BCUT2D eigenvalue weighted by Crippen LogP contribution is 2.35. The number of H-pyrrole nitrogens is 1. The van der Waals surface area contributed by atoms with Crippen molar-refractivity contribution in [2.75, 3.05) is 0 Å². The summed E-state index contributed by atoms with van der Waals surface area (Å²) in [4.78, 5) is 22.4. The Morgan fingerprint density at radius 3 is 2.65 bits per heavy atom. The van der Waals surface area contributed by atoms with Crippen molar-refractivity contribution in [1.29, 1.82) is 0 Å². The van der Waals surface area contributed by atoms with Gasteiger partial charge in [0, 0.05) is 14.9 Å². The van der Waals surface area contributed by atoms with Crippen molar-refractivity contribution in [2.45, 2.75) is 25.7 Å². The van der Waals surface area contributed by atoms with E-state index in [0.717, 1.165) is 45.3 Å². The lowest BCUT2D eigenvalue weighted by Gasteiger charge is -2.09. The van der Waals surface area contributed by atoms with Crippen LogP contribution in [0.1, 0.15) is 23.3 Å². The van der Waals surface area contributed by atoms with Gasteiger partial charge in [-0.25, -0.2) is 4.98 Å². The van der Waals surface area contributed by atoms with Crippen LogP contribution in [0.15, 0.2) is 50.1 Å². The molecule has 1 aliphatic rings. The molecule has 0 radical (unpaired) electrons. The molecule has 5 rings (SSSR count). The van der Waals surface area contributed by atoms with Gasteiger partial charge in [0.2, 0.25) is 0 Å². The number of furan rings is 1. The second-order valence-corrected chi connectivity index (χ2v) is 8.48. The summed E-state index contributed by atoms with van der Waals surface area (Å²) in [5, 5.41) is 0.771. The van der Waals surface area contributed by atoms with Crippen molar-refractivity contribution < 1.29 is 4.42 Å². The van der Waals surface area contributed by atoms with E-state index in [0.29, 0.717) is 11.6 Å². The summed E-state index contributed by atoms with van der Waals surface area (Å²) in [5.74, 6) is 1.82. The van der Waals surface area contributed by atoms with Crippen LogP contribution in [0, 0.1) is 0 Å². The summed E-state index contributed by atoms with van der Waals surface area (Å²) in [7, 11) is 0. The molecule has 0 spiro atoms. The quantitative estimate of drug-likeness (QED) is 0.456. The molecule has 3 heterocycles. The van der Waals surface area contributed by atoms with Crippen LogP contribution in [-0.4, -0.2) is 9.97 Å². The van der Waals surface area contributed by atoms with Crippen molar-refractivity contribution in [3.63, 3.8) is 0 Å². The fraction of sp³-hybridized carbons (Fsp3) is 0.200. The van der Waals surface area contributed by atoms with Crippen molar-refractivity contribution in [3.05, 3.63) is 61.7 Å². The zero-order valence-electron chi connectivity index (χ0n) is 13.8. The van der Waals surface area contributed by atoms with Crippen LogP contribution in [0.5, 0.6) is 0 Å². The number of aromatic amines is 1. The minimum Gasteiger partial charge on any atom is -0.453 e. The molecule has 0 saturated heterocycles. The van der Waals surface area contributed by atoms with E-state index < -0.39 is 0 Å². The van der Waals surface area contributed by atoms with E-state index in [9.17, 15) is 4.79 Å². The molecule has 130 valence electrons. The van der Waals surface area contributed by atoms with Crippen LogP contribution < -0.4 is 5.56 Å². The SMILES string of the molecule is O=c1[nH]c(-c2ccc(-c3ccc(Br)cc3)o2)nc2sc3c(c12)CCCC3. The number of benzene rings is 1. The number of hydrogen-bond donors (Lipinski definition) is 1. The van der Waals surface area contributed by atoms with E-state index in [2.05, 4.69) is 20.9 Å². The van der Waals surface area contributed by atoms with Gasteiger partial charge in [-0.15, -0.1) is 11.3 Å². The minimum absolute atomic E-state index is 0.0639. The Morgan fingerprint density at radius 2 is 1.81 bits per heavy atom. The highest BCUT2D eigenvalue weighted by atomic mass is 79.9. The third-order valence-electron chi connectivity index (χ3n) is 4.79. The van der Waals surface area contributed by atoms with Crippen LogP contribution in [0.25, 0.3) is 33.1 Å². The molecule has 0 aliphatic heterocycles. The Bertz CT molecular complexity index is 1170. The third-order valence-corrected chi connectivity index (χ3v) is 6.51. The average Bonchev–Trinajstić information content (AvgIpc) is 3.27. The molecule has 6 heteroatoms. The maximum absolute atomic E-state index is 12.7. The predicted octanol–water partition coefficient (Wildman–Crippen LogP) is 5.55. The number of aryl methyl sites for hydroxylation is 2. The maximum Gasteiger partial charge on any atom is 0.260 e.